The van der Waals surface area contributed by atoms with Gasteiger partial charge in [0.15, 0.2) is 17.1 Å². The molecule has 0 heterocycles. The molecule has 0 spiro atoms. The summed E-state index contributed by atoms with van der Waals surface area (Å²) in [5, 5.41) is 48.3. The van der Waals surface area contributed by atoms with Gasteiger partial charge < -0.3 is 35.8 Å². The highest BCUT2D eigenvalue weighted by Gasteiger charge is 2.64. The van der Waals surface area contributed by atoms with Crippen molar-refractivity contribution in [3.8, 4) is 11.5 Å². The molecule has 3 aliphatic rings. The second-order valence-corrected chi connectivity index (χ2v) is 12.0. The maximum atomic E-state index is 14.1. The summed E-state index contributed by atoms with van der Waals surface area (Å²) >= 11 is 0. The van der Waals surface area contributed by atoms with E-state index in [9.17, 15) is 39.6 Å². The van der Waals surface area contributed by atoms with Crippen molar-refractivity contribution in [1.82, 2.24) is 4.90 Å². The van der Waals surface area contributed by atoms with Crippen molar-refractivity contribution >= 4 is 40.7 Å². The number of nitrogens with two attached hydrogens (primary N) is 1. The van der Waals surface area contributed by atoms with E-state index < -0.39 is 69.9 Å². The summed E-state index contributed by atoms with van der Waals surface area (Å²) in [4.78, 5) is 55.5. The quantitative estimate of drug-likeness (QED) is 0.204. The first-order valence-corrected chi connectivity index (χ1v) is 14.4. The van der Waals surface area contributed by atoms with Gasteiger partial charge in [-0.15, -0.1) is 0 Å². The van der Waals surface area contributed by atoms with Gasteiger partial charge in [-0.1, -0.05) is 19.1 Å². The Kier molecular flexibility index (Phi) is 7.88. The molecule has 238 valence electrons. The highest BCUT2D eigenvalue weighted by Crippen LogP contribution is 2.54. The minimum atomic E-state index is -2.75. The topological polar surface area (TPSA) is 203 Å². The molecule has 0 unspecified atom stereocenters. The van der Waals surface area contributed by atoms with Crippen LogP contribution in [0.15, 0.2) is 47.2 Å². The van der Waals surface area contributed by atoms with E-state index in [4.69, 9.17) is 10.5 Å². The maximum absolute atomic E-state index is 14.1. The van der Waals surface area contributed by atoms with Gasteiger partial charge in [-0.2, -0.15) is 0 Å². The standard InChI is InChI=1S/C32H36N4O9/c1-6-14-7-9-16(10-8-14)45-31(43)34-19-13-20(35(2)3)17-11-15-12-18-24(36(4)5)27(39)23(30(33)42)29(41)32(18,44)28(40)21(15)26(38)22(17)25(19)37/h7-10,13,15,18,24,37-38,41,44H,6,11-12H2,1-5H3,(H2,33,42)(H,34,43)/t15-,18-,24+,32-/m0/s1. The molecule has 13 heteroatoms. The van der Waals surface area contributed by atoms with E-state index in [1.54, 1.807) is 31.1 Å². The summed E-state index contributed by atoms with van der Waals surface area (Å²) in [5.74, 6) is -7.30. The molecule has 7 N–H and O–H groups in total. The van der Waals surface area contributed by atoms with Gasteiger partial charge in [0, 0.05) is 31.3 Å². The number of anilines is 2. The monoisotopic (exact) mass is 620 g/mol. The van der Waals surface area contributed by atoms with Crippen molar-refractivity contribution in [2.45, 2.75) is 37.8 Å². The number of ketones is 2. The Bertz CT molecular complexity index is 1690. The molecule has 0 radical (unpaired) electrons. The summed E-state index contributed by atoms with van der Waals surface area (Å²) in [6.07, 6.45) is -0.0477. The second kappa shape index (κ2) is 11.2. The van der Waals surface area contributed by atoms with Gasteiger partial charge in [-0.25, -0.2) is 4.79 Å². The first-order valence-electron chi connectivity index (χ1n) is 14.4. The lowest BCUT2D eigenvalue weighted by Gasteiger charge is -2.50. The fourth-order valence-electron chi connectivity index (χ4n) is 6.82. The number of amides is 2. The van der Waals surface area contributed by atoms with Crippen LogP contribution in [-0.2, 0) is 27.2 Å². The van der Waals surface area contributed by atoms with Gasteiger partial charge in [0.2, 0.25) is 5.78 Å². The molecule has 4 atom stereocenters. The highest BCUT2D eigenvalue weighted by atomic mass is 16.6. The minimum absolute atomic E-state index is 0.0391. The summed E-state index contributed by atoms with van der Waals surface area (Å²) in [5.41, 5.74) is 3.19. The number of aliphatic hydroxyl groups excluding tert-OH is 2. The molecule has 2 aromatic rings. The number of aryl methyl sites for hydroxylation is 1. The number of rotatable bonds is 6. The number of aliphatic hydroxyl groups is 3. The van der Waals surface area contributed by atoms with Gasteiger partial charge in [0.25, 0.3) is 5.91 Å². The summed E-state index contributed by atoms with van der Waals surface area (Å²) in [7, 11) is 6.52. The number of Topliss-reactive ketones (excluding diaryl/α,β-unsaturated/α-hetero) is 2. The number of nitrogens with zero attached hydrogens (tertiary/aromatic N) is 2. The van der Waals surface area contributed by atoms with Gasteiger partial charge in [0.1, 0.15) is 22.8 Å². The van der Waals surface area contributed by atoms with Crippen LogP contribution in [0.25, 0.3) is 5.76 Å². The zero-order valence-electron chi connectivity index (χ0n) is 25.5. The Labute approximate surface area is 259 Å². The smallest absolute Gasteiger partial charge is 0.417 e. The minimum Gasteiger partial charge on any atom is -0.508 e. The second-order valence-electron chi connectivity index (χ2n) is 12.0. The predicted molar refractivity (Wildman–Crippen MR) is 164 cm³/mol. The van der Waals surface area contributed by atoms with Crippen molar-refractivity contribution in [1.29, 1.82) is 0 Å². The number of primary amides is 1. The molecule has 0 bridgehead atoms. The number of fused-ring (bicyclic) bond motifs is 3. The molecule has 1 saturated carbocycles. The van der Waals surface area contributed by atoms with Crippen LogP contribution in [0.3, 0.4) is 0 Å². The van der Waals surface area contributed by atoms with Gasteiger partial charge in [-0.05, 0) is 68.6 Å². The van der Waals surface area contributed by atoms with Gasteiger partial charge >= 0.3 is 6.09 Å². The van der Waals surface area contributed by atoms with Crippen LogP contribution >= 0.6 is 0 Å². The molecule has 0 aromatic heterocycles. The average Bonchev–Trinajstić information content (AvgIpc) is 2.96. The normalized spacial score (nSPS) is 24.2. The van der Waals surface area contributed by atoms with Crippen LogP contribution in [0, 0.1) is 11.8 Å². The van der Waals surface area contributed by atoms with Crippen molar-refractivity contribution in [3.63, 3.8) is 0 Å². The van der Waals surface area contributed by atoms with Crippen LogP contribution in [0.4, 0.5) is 16.2 Å². The molecule has 2 aromatic carbocycles. The number of aromatic hydroxyl groups is 1. The Balaban J connectivity index is 1.61. The lowest BCUT2D eigenvalue weighted by atomic mass is 9.57. The van der Waals surface area contributed by atoms with Crippen molar-refractivity contribution in [2.24, 2.45) is 17.6 Å². The van der Waals surface area contributed by atoms with Crippen molar-refractivity contribution < 1.29 is 44.3 Å². The lowest BCUT2D eigenvalue weighted by Crippen LogP contribution is -2.65. The van der Waals surface area contributed by atoms with Crippen LogP contribution in [-0.4, -0.2) is 88.7 Å². The average molecular weight is 621 g/mol. The Morgan fingerprint density at radius 2 is 1.73 bits per heavy atom. The number of carbonyl (C=O) groups is 4. The molecule has 3 aliphatic carbocycles. The number of ether oxygens (including phenoxy) is 1. The number of hydrogen-bond donors (Lipinski definition) is 6. The number of likely N-dealkylation sites (N-methyl/N-ethyl adjacent to an activating group) is 1. The first-order chi connectivity index (χ1) is 21.1. The van der Waals surface area contributed by atoms with Crippen molar-refractivity contribution in [2.75, 3.05) is 38.4 Å². The molecule has 0 aliphatic heterocycles. The Morgan fingerprint density at radius 1 is 1.09 bits per heavy atom. The van der Waals surface area contributed by atoms with E-state index in [0.29, 0.717) is 11.3 Å². The number of benzene rings is 2. The van der Waals surface area contributed by atoms with Crippen LogP contribution in [0.1, 0.15) is 30.0 Å². The SMILES string of the molecule is CCc1ccc(OC(=O)Nc2cc(N(C)C)c3c(c2O)C(O)=C2C(=O)[C@]4(O)C(O)=C(C(N)=O)C(=O)[C@H](N(C)C)[C@@H]4C[C@@H]2C3)cc1. The maximum Gasteiger partial charge on any atom is 0.417 e. The van der Waals surface area contributed by atoms with E-state index in [1.165, 1.54) is 25.1 Å². The Morgan fingerprint density at radius 3 is 2.29 bits per heavy atom. The van der Waals surface area contributed by atoms with E-state index in [2.05, 4.69) is 5.32 Å². The number of hydrogen-bond acceptors (Lipinski definition) is 11. The molecule has 5 rings (SSSR count). The summed E-state index contributed by atoms with van der Waals surface area (Å²) < 4.78 is 5.36. The fraction of sp³-hybridized carbons (Fsp3) is 0.375. The predicted octanol–water partition coefficient (Wildman–Crippen LogP) is 2.20. The number of phenols is 1. The van der Waals surface area contributed by atoms with Crippen molar-refractivity contribution in [3.05, 3.63) is 63.9 Å². The van der Waals surface area contributed by atoms with E-state index >= 15 is 0 Å². The van der Waals surface area contributed by atoms with Crippen LogP contribution < -0.4 is 20.7 Å². The van der Waals surface area contributed by atoms with Gasteiger partial charge in [-0.3, -0.25) is 24.6 Å². The molecule has 45 heavy (non-hydrogen) atoms. The fourth-order valence-corrected chi connectivity index (χ4v) is 6.82. The number of carbonyl (C=O) groups excluding carboxylic acids is 4. The largest absolute Gasteiger partial charge is 0.508 e. The third-order valence-corrected chi connectivity index (χ3v) is 8.96. The number of phenolic OH excluding ortho intramolecular Hbond substituents is 1. The third kappa shape index (κ3) is 4.88. The summed E-state index contributed by atoms with van der Waals surface area (Å²) in [6.45, 7) is 1.99. The van der Waals surface area contributed by atoms with Crippen LogP contribution in [0.5, 0.6) is 11.5 Å². The Hall–Kier alpha value is -4.88. The van der Waals surface area contributed by atoms with Crippen LogP contribution in [0.2, 0.25) is 0 Å². The molecular weight excluding hydrogens is 584 g/mol. The van der Waals surface area contributed by atoms with E-state index in [0.717, 1.165) is 12.0 Å². The molecule has 13 nitrogen and oxygen atoms in total. The summed E-state index contributed by atoms with van der Waals surface area (Å²) in [6, 6.07) is 7.21. The zero-order valence-corrected chi connectivity index (χ0v) is 25.5. The third-order valence-electron chi connectivity index (χ3n) is 8.96. The lowest BCUT2D eigenvalue weighted by molar-refractivity contribution is -0.153. The van der Waals surface area contributed by atoms with Gasteiger partial charge in [0.05, 0.1) is 17.3 Å². The molecular formula is C32H36N4O9. The van der Waals surface area contributed by atoms with E-state index in [1.807, 2.05) is 19.1 Å². The number of nitrogens with one attached hydrogen (secondary N) is 1. The van der Waals surface area contributed by atoms with E-state index in [-0.39, 0.29) is 35.4 Å². The molecule has 2 amide bonds. The molecule has 0 saturated heterocycles. The highest BCUT2D eigenvalue weighted by molar-refractivity contribution is 6.24. The molecule has 1 fully saturated rings. The first kappa shape index (κ1) is 31.5. The zero-order chi connectivity index (χ0) is 33.1.